The number of amides is 1. The molecule has 0 spiro atoms. The fourth-order valence-corrected chi connectivity index (χ4v) is 3.99. The van der Waals surface area contributed by atoms with E-state index in [1.54, 1.807) is 36.6 Å². The number of aryl methyl sites for hydroxylation is 1. The highest BCUT2D eigenvalue weighted by molar-refractivity contribution is 7.13. The molecule has 2 heterocycles. The van der Waals surface area contributed by atoms with Crippen LogP contribution in [0, 0.1) is 6.92 Å². The predicted molar refractivity (Wildman–Crippen MR) is 103 cm³/mol. The molecule has 128 valence electrons. The zero-order chi connectivity index (χ0) is 17.8. The Morgan fingerprint density at radius 1 is 1.20 bits per heavy atom. The molecule has 0 unspecified atom stereocenters. The van der Waals surface area contributed by atoms with Crippen molar-refractivity contribution >= 4 is 46.4 Å². The van der Waals surface area contributed by atoms with Gasteiger partial charge in [0.1, 0.15) is 10.4 Å². The Labute approximate surface area is 151 Å². The maximum absolute atomic E-state index is 12.2. The van der Waals surface area contributed by atoms with Gasteiger partial charge in [0.05, 0.1) is 17.3 Å². The number of methoxy groups -OCH3 is 1. The van der Waals surface area contributed by atoms with E-state index in [2.05, 4.69) is 10.3 Å². The van der Waals surface area contributed by atoms with E-state index in [4.69, 9.17) is 4.74 Å². The molecule has 0 aliphatic rings. The minimum Gasteiger partial charge on any atom is -0.495 e. The average molecular weight is 372 g/mol. The second-order valence-corrected chi connectivity index (χ2v) is 7.61. The van der Waals surface area contributed by atoms with Crippen LogP contribution < -0.4 is 24.8 Å². The van der Waals surface area contributed by atoms with Crippen LogP contribution in [0.1, 0.15) is 9.75 Å². The summed E-state index contributed by atoms with van der Waals surface area (Å²) in [6.45, 7) is 2.02. The van der Waals surface area contributed by atoms with Gasteiger partial charge in [0.2, 0.25) is 0 Å². The molecule has 1 amide bonds. The first-order valence-electron chi connectivity index (χ1n) is 7.48. The number of para-hydroxylation sites is 2. The minimum atomic E-state index is -0.333. The summed E-state index contributed by atoms with van der Waals surface area (Å²) in [6, 6.07) is 11.1. The third kappa shape index (κ3) is 4.26. The lowest BCUT2D eigenvalue weighted by Crippen LogP contribution is -2.20. The Morgan fingerprint density at radius 3 is 2.72 bits per heavy atom. The highest BCUT2D eigenvalue weighted by Gasteiger charge is 2.05. The Bertz CT molecular complexity index is 1080. The van der Waals surface area contributed by atoms with Gasteiger partial charge >= 0.3 is 0 Å². The van der Waals surface area contributed by atoms with Crippen LogP contribution in [0.2, 0.25) is 0 Å². The number of carbonyl (C=O) groups is 1. The van der Waals surface area contributed by atoms with E-state index < -0.39 is 0 Å². The smallest absolute Gasteiger partial charge is 0.266 e. The number of thiophene rings is 1. The summed E-state index contributed by atoms with van der Waals surface area (Å²) >= 11 is 2.86. The standard InChI is InChI=1S/C18H16N2O3S2/c1-11-7-8-12(24-11)9-15-18(22)20-17(25-15)10-16(21)19-13-5-3-4-6-14(13)23-2/h3-10H,1-2H3,(H,19,21)(H,20,22)/b15-9+,17-10+. The molecular weight excluding hydrogens is 356 g/mol. The predicted octanol–water partition coefficient (Wildman–Crippen LogP) is 2.06. The van der Waals surface area contributed by atoms with Gasteiger partial charge in [-0.25, -0.2) is 0 Å². The Morgan fingerprint density at radius 2 is 2.00 bits per heavy atom. The number of H-pyrrole nitrogens is 1. The van der Waals surface area contributed by atoms with Crippen molar-refractivity contribution in [2.24, 2.45) is 0 Å². The van der Waals surface area contributed by atoms with Gasteiger partial charge in [-0.2, -0.15) is 0 Å². The van der Waals surface area contributed by atoms with Crippen molar-refractivity contribution in [2.75, 3.05) is 12.4 Å². The van der Waals surface area contributed by atoms with E-state index in [0.29, 0.717) is 20.6 Å². The van der Waals surface area contributed by atoms with E-state index in [1.807, 2.05) is 31.2 Å². The van der Waals surface area contributed by atoms with Gasteiger partial charge in [0.15, 0.2) is 0 Å². The number of carbonyl (C=O) groups excluding carboxylic acids is 1. The lowest BCUT2D eigenvalue weighted by atomic mass is 10.3. The molecule has 0 fully saturated rings. The molecule has 25 heavy (non-hydrogen) atoms. The second kappa shape index (κ2) is 7.50. The van der Waals surface area contributed by atoms with E-state index in [0.717, 1.165) is 4.88 Å². The van der Waals surface area contributed by atoms with E-state index in [1.165, 1.54) is 22.3 Å². The van der Waals surface area contributed by atoms with Crippen LogP contribution in [0.15, 0.2) is 41.2 Å². The molecular formula is C18H16N2O3S2. The summed E-state index contributed by atoms with van der Waals surface area (Å²) in [7, 11) is 1.54. The van der Waals surface area contributed by atoms with Gasteiger partial charge in [-0.3, -0.25) is 9.59 Å². The molecule has 0 atom stereocenters. The number of benzene rings is 1. The van der Waals surface area contributed by atoms with Gasteiger partial charge < -0.3 is 15.0 Å². The van der Waals surface area contributed by atoms with Crippen LogP contribution in [0.3, 0.4) is 0 Å². The molecule has 3 rings (SSSR count). The van der Waals surface area contributed by atoms with Gasteiger partial charge in [0, 0.05) is 15.8 Å². The molecule has 0 saturated carbocycles. The number of aromatic nitrogens is 1. The van der Waals surface area contributed by atoms with Crippen LogP contribution in [0.5, 0.6) is 5.75 Å². The van der Waals surface area contributed by atoms with Gasteiger partial charge in [-0.15, -0.1) is 22.7 Å². The number of thiazole rings is 1. The molecule has 5 nitrogen and oxygen atoms in total. The van der Waals surface area contributed by atoms with Crippen molar-refractivity contribution in [1.29, 1.82) is 0 Å². The van der Waals surface area contributed by atoms with Gasteiger partial charge in [0.25, 0.3) is 11.5 Å². The van der Waals surface area contributed by atoms with Crippen LogP contribution >= 0.6 is 22.7 Å². The number of rotatable bonds is 4. The third-order valence-electron chi connectivity index (χ3n) is 3.34. The molecule has 0 radical (unpaired) electrons. The van der Waals surface area contributed by atoms with Gasteiger partial charge in [-0.1, -0.05) is 12.1 Å². The van der Waals surface area contributed by atoms with Crippen molar-refractivity contribution in [2.45, 2.75) is 6.92 Å². The highest BCUT2D eigenvalue weighted by atomic mass is 32.1. The Hall–Kier alpha value is -2.64. The fourth-order valence-electron chi connectivity index (χ4n) is 2.22. The normalized spacial score (nSPS) is 12.4. The Balaban J connectivity index is 1.87. The first-order chi connectivity index (χ1) is 12.0. The molecule has 1 aromatic carbocycles. The van der Waals surface area contributed by atoms with E-state index in [9.17, 15) is 9.59 Å². The van der Waals surface area contributed by atoms with Crippen LogP contribution in [-0.2, 0) is 4.79 Å². The highest BCUT2D eigenvalue weighted by Crippen LogP contribution is 2.22. The molecule has 2 N–H and O–H groups in total. The number of hydrogen-bond donors (Lipinski definition) is 2. The number of hydrogen-bond acceptors (Lipinski definition) is 5. The van der Waals surface area contributed by atoms with Crippen molar-refractivity contribution in [3.63, 3.8) is 0 Å². The SMILES string of the molecule is COc1ccccc1NC(=O)/C=c1\[nH]c(=O)/c(=C\c2ccc(C)s2)s1. The molecule has 0 aliphatic heterocycles. The second-order valence-electron chi connectivity index (χ2n) is 5.21. The van der Waals surface area contributed by atoms with Crippen LogP contribution in [-0.4, -0.2) is 18.0 Å². The van der Waals surface area contributed by atoms with Crippen molar-refractivity contribution in [1.82, 2.24) is 4.98 Å². The number of nitrogens with one attached hydrogen (secondary N) is 2. The first kappa shape index (κ1) is 17.2. The maximum atomic E-state index is 12.2. The largest absolute Gasteiger partial charge is 0.495 e. The first-order valence-corrected chi connectivity index (χ1v) is 9.11. The van der Waals surface area contributed by atoms with E-state index >= 15 is 0 Å². The molecule has 2 aromatic heterocycles. The van der Waals surface area contributed by atoms with Crippen molar-refractivity contribution in [3.8, 4) is 5.75 Å². The number of aromatic amines is 1. The monoisotopic (exact) mass is 372 g/mol. The zero-order valence-electron chi connectivity index (χ0n) is 13.7. The van der Waals surface area contributed by atoms with Gasteiger partial charge in [-0.05, 0) is 37.3 Å². The maximum Gasteiger partial charge on any atom is 0.266 e. The summed E-state index contributed by atoms with van der Waals surface area (Å²) in [5, 5.41) is 2.75. The van der Waals surface area contributed by atoms with Crippen molar-refractivity contribution in [3.05, 3.63) is 65.7 Å². The fraction of sp³-hybridized carbons (Fsp3) is 0.111. The van der Waals surface area contributed by atoms with Crippen LogP contribution in [0.4, 0.5) is 5.69 Å². The molecule has 0 saturated heterocycles. The van der Waals surface area contributed by atoms with Crippen LogP contribution in [0.25, 0.3) is 12.2 Å². The summed E-state index contributed by atoms with van der Waals surface area (Å²) < 4.78 is 6.27. The molecule has 7 heteroatoms. The quantitative estimate of drug-likeness (QED) is 0.736. The van der Waals surface area contributed by atoms with E-state index in [-0.39, 0.29) is 11.5 Å². The molecule has 0 aliphatic carbocycles. The summed E-state index contributed by atoms with van der Waals surface area (Å²) in [4.78, 5) is 29.1. The van der Waals surface area contributed by atoms with Crippen molar-refractivity contribution < 1.29 is 9.53 Å². The molecule has 0 bridgehead atoms. The summed E-state index contributed by atoms with van der Waals surface area (Å²) in [5.41, 5.74) is 0.374. The average Bonchev–Trinajstić information content (AvgIpc) is 3.14. The third-order valence-corrected chi connectivity index (χ3v) is 5.25. The number of ether oxygens (including phenoxy) is 1. The summed E-state index contributed by atoms with van der Waals surface area (Å²) in [5.74, 6) is 0.242. The lowest BCUT2D eigenvalue weighted by Gasteiger charge is -2.07. The lowest BCUT2D eigenvalue weighted by molar-refractivity contribution is -0.110. The zero-order valence-corrected chi connectivity index (χ0v) is 15.3. The number of anilines is 1. The minimum absolute atomic E-state index is 0.201. The Kier molecular flexibility index (Phi) is 5.16. The topological polar surface area (TPSA) is 71.2 Å². The molecule has 3 aromatic rings. The summed E-state index contributed by atoms with van der Waals surface area (Å²) in [6.07, 6.45) is 3.20.